The third-order valence-electron chi connectivity index (χ3n) is 3.68. The summed E-state index contributed by atoms with van der Waals surface area (Å²) in [6, 6.07) is 8.33. The highest BCUT2D eigenvalue weighted by Crippen LogP contribution is 2.42. The van der Waals surface area contributed by atoms with Crippen molar-refractivity contribution < 1.29 is 9.53 Å². The van der Waals surface area contributed by atoms with Crippen LogP contribution in [0.2, 0.25) is 0 Å². The molecule has 3 rings (SSSR count). The zero-order valence-electron chi connectivity index (χ0n) is 10.1. The number of carbonyl (C=O) groups excluding carboxylic acids is 1. The number of hydrogen-bond donors (Lipinski definition) is 0. The topological polar surface area (TPSA) is 31.2 Å². The monoisotopic (exact) mass is 307 g/mol. The fraction of sp³-hybridized carbons (Fsp3) is 0.357. The molecule has 0 radical (unpaired) electrons. The highest BCUT2D eigenvalue weighted by molar-refractivity contribution is 9.10. The van der Waals surface area contributed by atoms with Crippen LogP contribution in [0, 0.1) is 0 Å². The van der Waals surface area contributed by atoms with Crippen LogP contribution in [0.25, 0.3) is 10.9 Å². The smallest absolute Gasteiger partial charge is 0.306 e. The van der Waals surface area contributed by atoms with Gasteiger partial charge in [0.05, 0.1) is 13.5 Å². The number of rotatable bonds is 2. The number of fused-ring (bicyclic) bond motifs is 3. The molecule has 0 bridgehead atoms. The van der Waals surface area contributed by atoms with Gasteiger partial charge in [0.1, 0.15) is 0 Å². The van der Waals surface area contributed by atoms with Crippen LogP contribution < -0.4 is 0 Å². The average molecular weight is 308 g/mol. The van der Waals surface area contributed by atoms with Gasteiger partial charge in [0.2, 0.25) is 0 Å². The van der Waals surface area contributed by atoms with Crippen molar-refractivity contribution in [2.45, 2.75) is 25.3 Å². The molecule has 4 heteroatoms. The first-order valence-electron chi connectivity index (χ1n) is 6.05. The summed E-state index contributed by atoms with van der Waals surface area (Å²) in [6.45, 7) is 0.975. The molecule has 1 atom stereocenters. The molecule has 2 heterocycles. The minimum atomic E-state index is -0.134. The van der Waals surface area contributed by atoms with Gasteiger partial charge in [-0.2, -0.15) is 0 Å². The molecular weight excluding hydrogens is 294 g/mol. The first-order chi connectivity index (χ1) is 8.72. The number of aromatic nitrogens is 1. The van der Waals surface area contributed by atoms with E-state index < -0.39 is 0 Å². The summed E-state index contributed by atoms with van der Waals surface area (Å²) in [5, 5.41) is 1.22. The highest BCUT2D eigenvalue weighted by Gasteiger charge is 2.30. The van der Waals surface area contributed by atoms with E-state index >= 15 is 0 Å². The fourth-order valence-electron chi connectivity index (χ4n) is 2.83. The van der Waals surface area contributed by atoms with E-state index in [-0.39, 0.29) is 11.9 Å². The minimum absolute atomic E-state index is 0.134. The van der Waals surface area contributed by atoms with Gasteiger partial charge in [-0.05, 0) is 28.4 Å². The summed E-state index contributed by atoms with van der Waals surface area (Å²) < 4.78 is 8.22. The van der Waals surface area contributed by atoms with Crippen molar-refractivity contribution in [3.63, 3.8) is 0 Å². The Balaban J connectivity index is 2.08. The first-order valence-corrected chi connectivity index (χ1v) is 6.85. The Hall–Kier alpha value is -1.29. The van der Waals surface area contributed by atoms with Crippen LogP contribution in [0.3, 0.4) is 0 Å². The van der Waals surface area contributed by atoms with Crippen molar-refractivity contribution in [3.8, 4) is 0 Å². The summed E-state index contributed by atoms with van der Waals surface area (Å²) in [5.74, 6) is 0.129. The molecule has 1 aliphatic rings. The Morgan fingerprint density at radius 3 is 3.06 bits per heavy atom. The average Bonchev–Trinajstić information content (AvgIpc) is 2.92. The van der Waals surface area contributed by atoms with Gasteiger partial charge in [0.25, 0.3) is 0 Å². The third-order valence-corrected chi connectivity index (χ3v) is 4.51. The number of ether oxygens (including phenoxy) is 1. The number of aryl methyl sites for hydroxylation is 1. The Labute approximate surface area is 114 Å². The second-order valence-corrected chi connectivity index (χ2v) is 5.43. The van der Waals surface area contributed by atoms with Gasteiger partial charge in [-0.1, -0.05) is 18.2 Å². The van der Waals surface area contributed by atoms with Crippen LogP contribution in [-0.2, 0) is 16.1 Å². The van der Waals surface area contributed by atoms with Crippen molar-refractivity contribution >= 4 is 32.8 Å². The molecule has 0 aliphatic carbocycles. The number of methoxy groups -OCH3 is 1. The van der Waals surface area contributed by atoms with Crippen LogP contribution >= 0.6 is 15.9 Å². The molecule has 1 aromatic carbocycles. The summed E-state index contributed by atoms with van der Waals surface area (Å²) in [6.07, 6.45) is 1.47. The highest BCUT2D eigenvalue weighted by atomic mass is 79.9. The van der Waals surface area contributed by atoms with E-state index in [1.165, 1.54) is 23.7 Å². The lowest BCUT2D eigenvalue weighted by Crippen LogP contribution is -2.06. The van der Waals surface area contributed by atoms with E-state index in [2.05, 4.69) is 38.7 Å². The molecule has 0 saturated heterocycles. The van der Waals surface area contributed by atoms with Gasteiger partial charge >= 0.3 is 5.97 Å². The molecule has 94 valence electrons. The van der Waals surface area contributed by atoms with Gasteiger partial charge in [0, 0.05) is 33.5 Å². The van der Waals surface area contributed by atoms with Gasteiger partial charge in [-0.15, -0.1) is 0 Å². The minimum Gasteiger partial charge on any atom is -0.469 e. The van der Waals surface area contributed by atoms with Crippen LogP contribution in [0.5, 0.6) is 0 Å². The van der Waals surface area contributed by atoms with Crippen molar-refractivity contribution in [2.75, 3.05) is 7.11 Å². The number of benzene rings is 1. The maximum absolute atomic E-state index is 11.5. The predicted octanol–water partition coefficient (Wildman–Crippen LogP) is 3.45. The van der Waals surface area contributed by atoms with Gasteiger partial charge in [0.15, 0.2) is 0 Å². The Kier molecular flexibility index (Phi) is 2.90. The summed E-state index contributed by atoms with van der Waals surface area (Å²) in [5.41, 5.74) is 2.48. The van der Waals surface area contributed by atoms with Crippen LogP contribution in [0.4, 0.5) is 0 Å². The van der Waals surface area contributed by atoms with E-state index in [1.807, 2.05) is 6.07 Å². The zero-order chi connectivity index (χ0) is 12.7. The molecule has 3 nitrogen and oxygen atoms in total. The Bertz CT molecular complexity index is 618. The molecular formula is C14H14BrNO2. The lowest BCUT2D eigenvalue weighted by Gasteiger charge is -2.08. The number of hydrogen-bond acceptors (Lipinski definition) is 2. The first kappa shape index (κ1) is 11.8. The SMILES string of the molecule is COC(=O)CC1CCn2c1c(Br)c1ccccc12. The Morgan fingerprint density at radius 2 is 2.28 bits per heavy atom. The third kappa shape index (κ3) is 1.67. The standard InChI is InChI=1S/C14H14BrNO2/c1-18-12(17)8-9-6-7-16-11-5-3-2-4-10(11)13(15)14(9)16/h2-5,9H,6-8H2,1H3. The molecule has 2 aromatic rings. The number of nitrogens with zero attached hydrogens (tertiary/aromatic N) is 1. The Morgan fingerprint density at radius 1 is 1.50 bits per heavy atom. The molecule has 0 fully saturated rings. The maximum atomic E-state index is 11.5. The van der Waals surface area contributed by atoms with Gasteiger partial charge < -0.3 is 9.30 Å². The fourth-order valence-corrected chi connectivity index (χ4v) is 3.70. The van der Waals surface area contributed by atoms with Crippen LogP contribution in [0.1, 0.15) is 24.5 Å². The van der Waals surface area contributed by atoms with E-state index in [4.69, 9.17) is 4.74 Å². The number of halogens is 1. The number of esters is 1. The molecule has 0 N–H and O–H groups in total. The molecule has 1 unspecified atom stereocenters. The van der Waals surface area contributed by atoms with E-state index in [1.54, 1.807) is 0 Å². The van der Waals surface area contributed by atoms with Crippen LogP contribution in [-0.4, -0.2) is 17.6 Å². The predicted molar refractivity (Wildman–Crippen MR) is 73.6 cm³/mol. The number of para-hydroxylation sites is 1. The van der Waals surface area contributed by atoms with Gasteiger partial charge in [-0.25, -0.2) is 0 Å². The molecule has 1 aliphatic heterocycles. The van der Waals surface area contributed by atoms with Crippen molar-refractivity contribution in [1.82, 2.24) is 4.57 Å². The zero-order valence-corrected chi connectivity index (χ0v) is 11.7. The second kappa shape index (κ2) is 4.43. The lowest BCUT2D eigenvalue weighted by atomic mass is 10.0. The number of carbonyl (C=O) groups is 1. The molecule has 0 saturated carbocycles. The lowest BCUT2D eigenvalue weighted by molar-refractivity contribution is -0.141. The summed E-state index contributed by atoms with van der Waals surface area (Å²) in [4.78, 5) is 11.5. The van der Waals surface area contributed by atoms with Crippen molar-refractivity contribution in [3.05, 3.63) is 34.4 Å². The summed E-state index contributed by atoms with van der Waals surface area (Å²) >= 11 is 3.68. The van der Waals surface area contributed by atoms with Crippen molar-refractivity contribution in [2.24, 2.45) is 0 Å². The van der Waals surface area contributed by atoms with E-state index in [9.17, 15) is 4.79 Å². The maximum Gasteiger partial charge on any atom is 0.306 e. The van der Waals surface area contributed by atoms with Gasteiger partial charge in [-0.3, -0.25) is 4.79 Å². The normalized spacial score (nSPS) is 18.0. The quantitative estimate of drug-likeness (QED) is 0.796. The largest absolute Gasteiger partial charge is 0.469 e. The molecule has 0 spiro atoms. The van der Waals surface area contributed by atoms with E-state index in [0.717, 1.165) is 17.4 Å². The molecule has 1 aromatic heterocycles. The molecule has 0 amide bonds. The molecule has 18 heavy (non-hydrogen) atoms. The summed E-state index contributed by atoms with van der Waals surface area (Å²) in [7, 11) is 1.45. The van der Waals surface area contributed by atoms with Crippen LogP contribution in [0.15, 0.2) is 28.7 Å². The second-order valence-electron chi connectivity index (χ2n) is 4.63. The van der Waals surface area contributed by atoms with Crippen molar-refractivity contribution in [1.29, 1.82) is 0 Å². The van der Waals surface area contributed by atoms with E-state index in [0.29, 0.717) is 6.42 Å².